The summed E-state index contributed by atoms with van der Waals surface area (Å²) >= 11 is 0. The Morgan fingerprint density at radius 1 is 1.32 bits per heavy atom. The van der Waals surface area contributed by atoms with Crippen LogP contribution in [0.2, 0.25) is 0 Å². The monoisotopic (exact) mass is 263 g/mol. The highest BCUT2D eigenvalue weighted by molar-refractivity contribution is 5.93. The quantitative estimate of drug-likeness (QED) is 0.790. The summed E-state index contributed by atoms with van der Waals surface area (Å²) in [6.45, 7) is 6.38. The second-order valence-corrected chi connectivity index (χ2v) is 5.09. The number of anilines is 1. The molecule has 1 amide bonds. The molecule has 0 bridgehead atoms. The number of hydrogen-bond donors (Lipinski definition) is 2. The molecule has 0 aromatic heterocycles. The van der Waals surface area contributed by atoms with Gasteiger partial charge in [0.25, 0.3) is 0 Å². The van der Waals surface area contributed by atoms with Gasteiger partial charge in [0.2, 0.25) is 5.91 Å². The Labute approximate surface area is 116 Å². The molecule has 4 heteroatoms. The van der Waals surface area contributed by atoms with Crippen LogP contribution in [-0.4, -0.2) is 38.0 Å². The van der Waals surface area contributed by atoms with Gasteiger partial charge in [-0.05, 0) is 32.3 Å². The van der Waals surface area contributed by atoms with E-state index >= 15 is 0 Å². The van der Waals surface area contributed by atoms with E-state index in [2.05, 4.69) is 15.5 Å². The third-order valence-corrected chi connectivity index (χ3v) is 2.91. The van der Waals surface area contributed by atoms with Crippen molar-refractivity contribution in [3.63, 3.8) is 0 Å². The van der Waals surface area contributed by atoms with Gasteiger partial charge in [0, 0.05) is 24.7 Å². The topological polar surface area (TPSA) is 44.4 Å². The van der Waals surface area contributed by atoms with Crippen molar-refractivity contribution in [3.8, 4) is 0 Å². The summed E-state index contributed by atoms with van der Waals surface area (Å²) in [6.07, 6.45) is 0. The first-order valence-corrected chi connectivity index (χ1v) is 6.78. The molecule has 0 aliphatic rings. The molecule has 1 atom stereocenters. The first-order valence-electron chi connectivity index (χ1n) is 6.78. The van der Waals surface area contributed by atoms with Crippen molar-refractivity contribution < 1.29 is 4.79 Å². The van der Waals surface area contributed by atoms with Crippen molar-refractivity contribution in [3.05, 3.63) is 29.8 Å². The van der Waals surface area contributed by atoms with Crippen LogP contribution in [0.5, 0.6) is 0 Å². The molecule has 0 aliphatic carbocycles. The van der Waals surface area contributed by atoms with E-state index in [0.717, 1.165) is 24.3 Å². The Bertz CT molecular complexity index is 404. The Balaban J connectivity index is 2.68. The Morgan fingerprint density at radius 2 is 2.00 bits per heavy atom. The summed E-state index contributed by atoms with van der Waals surface area (Å²) in [5.74, 6) is 0.0273. The van der Waals surface area contributed by atoms with Gasteiger partial charge in [0.05, 0.1) is 0 Å². The molecule has 0 spiro atoms. The minimum absolute atomic E-state index is 0.0348. The molecule has 19 heavy (non-hydrogen) atoms. The van der Waals surface area contributed by atoms with Gasteiger partial charge in [-0.15, -0.1) is 0 Å². The predicted octanol–water partition coefficient (Wildman–Crippen LogP) is 1.93. The zero-order chi connectivity index (χ0) is 14.3. The van der Waals surface area contributed by atoms with Crippen LogP contribution in [-0.2, 0) is 11.3 Å². The number of rotatable bonds is 7. The molecule has 0 saturated heterocycles. The van der Waals surface area contributed by atoms with Gasteiger partial charge in [0.1, 0.15) is 0 Å². The van der Waals surface area contributed by atoms with Crippen LogP contribution >= 0.6 is 0 Å². The maximum Gasteiger partial charge on any atom is 0.228 e. The lowest BCUT2D eigenvalue weighted by Crippen LogP contribution is -2.30. The van der Waals surface area contributed by atoms with Crippen LogP contribution in [0.3, 0.4) is 0 Å². The maximum atomic E-state index is 12.1. The number of para-hydroxylation sites is 1. The van der Waals surface area contributed by atoms with Gasteiger partial charge in [-0.25, -0.2) is 0 Å². The minimum Gasteiger partial charge on any atom is -0.326 e. The third kappa shape index (κ3) is 5.41. The molecule has 1 unspecified atom stereocenters. The van der Waals surface area contributed by atoms with Crippen LogP contribution in [0.25, 0.3) is 0 Å². The van der Waals surface area contributed by atoms with Gasteiger partial charge >= 0.3 is 0 Å². The number of nitrogens with one attached hydrogen (secondary N) is 2. The van der Waals surface area contributed by atoms with E-state index in [9.17, 15) is 4.79 Å². The van der Waals surface area contributed by atoms with E-state index in [0.29, 0.717) is 6.54 Å². The summed E-state index contributed by atoms with van der Waals surface area (Å²) in [6, 6.07) is 7.95. The molecular formula is C15H25N3O. The summed E-state index contributed by atoms with van der Waals surface area (Å²) in [5.41, 5.74) is 2.04. The van der Waals surface area contributed by atoms with Gasteiger partial charge < -0.3 is 15.5 Å². The molecule has 1 aromatic rings. The molecule has 106 valence electrons. The highest BCUT2D eigenvalue weighted by Gasteiger charge is 2.13. The maximum absolute atomic E-state index is 12.1. The van der Waals surface area contributed by atoms with E-state index in [4.69, 9.17) is 0 Å². The minimum atomic E-state index is -0.0348. The fourth-order valence-corrected chi connectivity index (χ4v) is 1.83. The molecule has 4 nitrogen and oxygen atoms in total. The van der Waals surface area contributed by atoms with Crippen LogP contribution in [0.1, 0.15) is 19.4 Å². The standard InChI is InChI=1S/C15H25N3O/c1-5-16-10-12(2)15(19)17-14-9-7-6-8-13(14)11-18(3)4/h6-9,12,16H,5,10-11H2,1-4H3,(H,17,19). The molecule has 2 N–H and O–H groups in total. The van der Waals surface area contributed by atoms with E-state index in [1.807, 2.05) is 52.2 Å². The SMILES string of the molecule is CCNCC(C)C(=O)Nc1ccccc1CN(C)C. The fourth-order valence-electron chi connectivity index (χ4n) is 1.83. The number of hydrogen-bond acceptors (Lipinski definition) is 3. The molecular weight excluding hydrogens is 238 g/mol. The zero-order valence-corrected chi connectivity index (χ0v) is 12.4. The number of carbonyl (C=O) groups is 1. The van der Waals surface area contributed by atoms with Crippen LogP contribution in [0, 0.1) is 5.92 Å². The van der Waals surface area contributed by atoms with E-state index in [1.54, 1.807) is 0 Å². The van der Waals surface area contributed by atoms with Gasteiger partial charge in [0.15, 0.2) is 0 Å². The first-order chi connectivity index (χ1) is 9.04. The van der Waals surface area contributed by atoms with E-state index < -0.39 is 0 Å². The second-order valence-electron chi connectivity index (χ2n) is 5.09. The summed E-state index contributed by atoms with van der Waals surface area (Å²) in [7, 11) is 4.04. The Hall–Kier alpha value is -1.39. The summed E-state index contributed by atoms with van der Waals surface area (Å²) in [5, 5.41) is 6.21. The van der Waals surface area contributed by atoms with Crippen molar-refractivity contribution in [2.24, 2.45) is 5.92 Å². The first kappa shape index (κ1) is 15.7. The van der Waals surface area contributed by atoms with Crippen LogP contribution in [0.4, 0.5) is 5.69 Å². The lowest BCUT2D eigenvalue weighted by Gasteiger charge is -2.17. The van der Waals surface area contributed by atoms with Crippen LogP contribution < -0.4 is 10.6 Å². The Kier molecular flexibility index (Phi) is 6.53. The smallest absolute Gasteiger partial charge is 0.228 e. The van der Waals surface area contributed by atoms with E-state index in [1.165, 1.54) is 0 Å². The zero-order valence-electron chi connectivity index (χ0n) is 12.4. The molecule has 0 heterocycles. The van der Waals surface area contributed by atoms with Crippen molar-refractivity contribution in [2.45, 2.75) is 20.4 Å². The molecule has 1 aromatic carbocycles. The lowest BCUT2D eigenvalue weighted by molar-refractivity contribution is -0.119. The lowest BCUT2D eigenvalue weighted by atomic mass is 10.1. The highest BCUT2D eigenvalue weighted by atomic mass is 16.1. The molecule has 0 aliphatic heterocycles. The summed E-state index contributed by atoms with van der Waals surface area (Å²) < 4.78 is 0. The van der Waals surface area contributed by atoms with Crippen molar-refractivity contribution >= 4 is 11.6 Å². The average Bonchev–Trinajstić information content (AvgIpc) is 2.37. The summed E-state index contributed by atoms with van der Waals surface area (Å²) in [4.78, 5) is 14.2. The van der Waals surface area contributed by atoms with Crippen LogP contribution in [0.15, 0.2) is 24.3 Å². The molecule has 0 fully saturated rings. The van der Waals surface area contributed by atoms with Gasteiger partial charge in [-0.3, -0.25) is 4.79 Å². The average molecular weight is 263 g/mol. The highest BCUT2D eigenvalue weighted by Crippen LogP contribution is 2.17. The predicted molar refractivity (Wildman–Crippen MR) is 80.2 cm³/mol. The molecule has 1 rings (SSSR count). The number of carbonyl (C=O) groups excluding carboxylic acids is 1. The molecule has 0 saturated carbocycles. The van der Waals surface area contributed by atoms with Crippen molar-refractivity contribution in [1.82, 2.24) is 10.2 Å². The third-order valence-electron chi connectivity index (χ3n) is 2.91. The largest absolute Gasteiger partial charge is 0.326 e. The molecule has 0 radical (unpaired) electrons. The number of benzene rings is 1. The van der Waals surface area contributed by atoms with Gasteiger partial charge in [-0.2, -0.15) is 0 Å². The fraction of sp³-hybridized carbons (Fsp3) is 0.533. The second kappa shape index (κ2) is 7.92. The normalized spacial score (nSPS) is 12.5. The number of amides is 1. The Morgan fingerprint density at radius 3 is 2.63 bits per heavy atom. The van der Waals surface area contributed by atoms with E-state index in [-0.39, 0.29) is 11.8 Å². The van der Waals surface area contributed by atoms with Crippen molar-refractivity contribution in [1.29, 1.82) is 0 Å². The number of nitrogens with zero attached hydrogens (tertiary/aromatic N) is 1. The van der Waals surface area contributed by atoms with Crippen molar-refractivity contribution in [2.75, 3.05) is 32.5 Å². The van der Waals surface area contributed by atoms with Gasteiger partial charge in [-0.1, -0.05) is 32.0 Å².